The van der Waals surface area contributed by atoms with Gasteiger partial charge in [0.25, 0.3) is 0 Å². The lowest BCUT2D eigenvalue weighted by atomic mass is 10.1. The molecule has 0 radical (unpaired) electrons. The molecular weight excluding hydrogens is 246 g/mol. The van der Waals surface area contributed by atoms with Crippen molar-refractivity contribution in [1.82, 2.24) is 5.32 Å². The molecule has 0 unspecified atom stereocenters. The van der Waals surface area contributed by atoms with Crippen LogP contribution in [0.3, 0.4) is 0 Å². The van der Waals surface area contributed by atoms with Gasteiger partial charge in [-0.1, -0.05) is 5.92 Å². The van der Waals surface area contributed by atoms with Crippen LogP contribution in [-0.2, 0) is 6.54 Å². The van der Waals surface area contributed by atoms with Crippen molar-refractivity contribution in [2.24, 2.45) is 0 Å². The predicted molar refractivity (Wildman–Crippen MR) is 61.8 cm³/mol. The highest BCUT2D eigenvalue weighted by Gasteiger charge is 2.13. The Morgan fingerprint density at radius 3 is 2.85 bits per heavy atom. The molecule has 0 amide bonds. The number of rotatable bonds is 3. The first-order valence-corrected chi connectivity index (χ1v) is 5.67. The van der Waals surface area contributed by atoms with Crippen molar-refractivity contribution in [2.45, 2.75) is 25.9 Å². The molecule has 0 atom stereocenters. The molecule has 70 valence electrons. The maximum atomic E-state index is 5.36. The summed E-state index contributed by atoms with van der Waals surface area (Å²) in [6.07, 6.45) is 5.36. The Kier molecular flexibility index (Phi) is 3.55. The van der Waals surface area contributed by atoms with Crippen LogP contribution >= 0.6 is 27.3 Å². The van der Waals surface area contributed by atoms with E-state index in [-0.39, 0.29) is 5.54 Å². The van der Waals surface area contributed by atoms with Gasteiger partial charge in [0.1, 0.15) is 0 Å². The van der Waals surface area contributed by atoms with Gasteiger partial charge in [0, 0.05) is 15.9 Å². The van der Waals surface area contributed by atoms with Gasteiger partial charge in [-0.25, -0.2) is 0 Å². The molecule has 1 N–H and O–H groups in total. The van der Waals surface area contributed by atoms with E-state index in [0.717, 1.165) is 11.0 Å². The molecule has 1 aromatic rings. The van der Waals surface area contributed by atoms with E-state index >= 15 is 0 Å². The summed E-state index contributed by atoms with van der Waals surface area (Å²) in [6.45, 7) is 4.80. The van der Waals surface area contributed by atoms with Crippen molar-refractivity contribution in [2.75, 3.05) is 0 Å². The molecule has 3 heteroatoms. The van der Waals surface area contributed by atoms with Gasteiger partial charge in [-0.3, -0.25) is 5.32 Å². The molecule has 0 saturated heterocycles. The fourth-order valence-electron chi connectivity index (χ4n) is 0.804. The standard InChI is InChI=1S/C10H12BrNS/c1-4-10(2,3)12-7-9-8(11)5-6-13-9/h1,5-6,12H,7H2,2-3H3. The summed E-state index contributed by atoms with van der Waals surface area (Å²) >= 11 is 5.20. The van der Waals surface area contributed by atoms with Crippen LogP contribution in [0.5, 0.6) is 0 Å². The van der Waals surface area contributed by atoms with E-state index in [1.165, 1.54) is 4.88 Å². The fourth-order valence-corrected chi connectivity index (χ4v) is 2.24. The van der Waals surface area contributed by atoms with E-state index in [9.17, 15) is 0 Å². The Hall–Kier alpha value is -0.300. The Balaban J connectivity index is 2.54. The Labute approximate surface area is 91.7 Å². The van der Waals surface area contributed by atoms with Gasteiger partial charge in [0.2, 0.25) is 0 Å². The molecule has 0 spiro atoms. The smallest absolute Gasteiger partial charge is 0.0744 e. The second-order valence-electron chi connectivity index (χ2n) is 3.31. The number of hydrogen-bond donors (Lipinski definition) is 1. The Morgan fingerprint density at radius 1 is 1.69 bits per heavy atom. The molecule has 1 heterocycles. The van der Waals surface area contributed by atoms with E-state index in [4.69, 9.17) is 6.42 Å². The van der Waals surface area contributed by atoms with E-state index < -0.39 is 0 Å². The minimum atomic E-state index is -0.233. The topological polar surface area (TPSA) is 12.0 Å². The molecule has 1 rings (SSSR count). The monoisotopic (exact) mass is 257 g/mol. The first-order chi connectivity index (χ1) is 6.05. The lowest BCUT2D eigenvalue weighted by Crippen LogP contribution is -2.36. The lowest BCUT2D eigenvalue weighted by Gasteiger charge is -2.18. The van der Waals surface area contributed by atoms with E-state index in [2.05, 4.69) is 32.5 Å². The van der Waals surface area contributed by atoms with E-state index in [0.29, 0.717) is 0 Å². The molecule has 0 fully saturated rings. The maximum Gasteiger partial charge on any atom is 0.0744 e. The SMILES string of the molecule is C#CC(C)(C)NCc1sccc1Br. The van der Waals surface area contributed by atoms with E-state index in [1.54, 1.807) is 11.3 Å². The van der Waals surface area contributed by atoms with Crippen LogP contribution in [0.1, 0.15) is 18.7 Å². The molecule has 0 aliphatic rings. The van der Waals surface area contributed by atoms with Crippen LogP contribution in [0.15, 0.2) is 15.9 Å². The molecule has 0 aliphatic carbocycles. The molecule has 0 saturated carbocycles. The van der Waals surface area contributed by atoms with Gasteiger partial charge in [0.15, 0.2) is 0 Å². The highest BCUT2D eigenvalue weighted by molar-refractivity contribution is 9.10. The average molecular weight is 258 g/mol. The van der Waals surface area contributed by atoms with Gasteiger partial charge in [0.05, 0.1) is 5.54 Å². The van der Waals surface area contributed by atoms with Crippen molar-refractivity contribution in [3.8, 4) is 12.3 Å². The zero-order valence-electron chi connectivity index (χ0n) is 7.73. The van der Waals surface area contributed by atoms with Crippen LogP contribution in [0.25, 0.3) is 0 Å². The second-order valence-corrected chi connectivity index (χ2v) is 5.17. The number of thiophene rings is 1. The summed E-state index contributed by atoms with van der Waals surface area (Å²) in [5.74, 6) is 2.70. The summed E-state index contributed by atoms with van der Waals surface area (Å²) in [5, 5.41) is 5.36. The summed E-state index contributed by atoms with van der Waals surface area (Å²) in [6, 6.07) is 2.05. The van der Waals surface area contributed by atoms with Crippen LogP contribution in [0.2, 0.25) is 0 Å². The highest BCUT2D eigenvalue weighted by atomic mass is 79.9. The first-order valence-electron chi connectivity index (χ1n) is 4.00. The fraction of sp³-hybridized carbons (Fsp3) is 0.400. The molecule has 1 nitrogen and oxygen atoms in total. The number of hydrogen-bond acceptors (Lipinski definition) is 2. The molecule has 0 bridgehead atoms. The largest absolute Gasteiger partial charge is 0.297 e. The van der Waals surface area contributed by atoms with Crippen LogP contribution in [0, 0.1) is 12.3 Å². The highest BCUT2D eigenvalue weighted by Crippen LogP contribution is 2.22. The quantitative estimate of drug-likeness (QED) is 0.822. The van der Waals surface area contributed by atoms with Crippen LogP contribution < -0.4 is 5.32 Å². The normalized spacial score (nSPS) is 11.2. The third kappa shape index (κ3) is 3.15. The minimum Gasteiger partial charge on any atom is -0.297 e. The number of halogens is 1. The lowest BCUT2D eigenvalue weighted by molar-refractivity contribution is 0.493. The third-order valence-corrected chi connectivity index (χ3v) is 3.67. The Morgan fingerprint density at radius 2 is 2.38 bits per heavy atom. The molecule has 0 aromatic carbocycles. The van der Waals surface area contributed by atoms with Crippen molar-refractivity contribution in [3.63, 3.8) is 0 Å². The minimum absolute atomic E-state index is 0.233. The van der Waals surface area contributed by atoms with Gasteiger partial charge >= 0.3 is 0 Å². The van der Waals surface area contributed by atoms with Crippen LogP contribution in [0.4, 0.5) is 0 Å². The number of terminal acetylenes is 1. The zero-order valence-corrected chi connectivity index (χ0v) is 10.1. The molecular formula is C10H12BrNS. The molecule has 0 aliphatic heterocycles. The van der Waals surface area contributed by atoms with Gasteiger partial charge < -0.3 is 0 Å². The van der Waals surface area contributed by atoms with Gasteiger partial charge in [-0.05, 0) is 41.2 Å². The van der Waals surface area contributed by atoms with Gasteiger partial charge in [-0.2, -0.15) is 0 Å². The third-order valence-electron chi connectivity index (χ3n) is 1.74. The average Bonchev–Trinajstić information content (AvgIpc) is 2.48. The van der Waals surface area contributed by atoms with Crippen molar-refractivity contribution in [1.29, 1.82) is 0 Å². The predicted octanol–water partition coefficient (Wildman–Crippen LogP) is 3.01. The summed E-state index contributed by atoms with van der Waals surface area (Å²) in [4.78, 5) is 1.28. The van der Waals surface area contributed by atoms with Crippen molar-refractivity contribution >= 4 is 27.3 Å². The van der Waals surface area contributed by atoms with Crippen molar-refractivity contribution in [3.05, 3.63) is 20.8 Å². The first kappa shape index (κ1) is 10.8. The summed E-state index contributed by atoms with van der Waals surface area (Å²) in [5.41, 5.74) is -0.233. The Bertz CT molecular complexity index is 322. The maximum absolute atomic E-state index is 5.36. The second kappa shape index (κ2) is 4.28. The van der Waals surface area contributed by atoms with Gasteiger partial charge in [-0.15, -0.1) is 17.8 Å². The summed E-state index contributed by atoms with van der Waals surface area (Å²) < 4.78 is 1.15. The van der Waals surface area contributed by atoms with Crippen molar-refractivity contribution < 1.29 is 0 Å². The number of nitrogens with one attached hydrogen (secondary N) is 1. The van der Waals surface area contributed by atoms with Crippen LogP contribution in [-0.4, -0.2) is 5.54 Å². The summed E-state index contributed by atoms with van der Waals surface area (Å²) in [7, 11) is 0. The zero-order chi connectivity index (χ0) is 9.90. The molecule has 13 heavy (non-hydrogen) atoms. The molecule has 1 aromatic heterocycles. The van der Waals surface area contributed by atoms with E-state index in [1.807, 2.05) is 19.9 Å².